The van der Waals surface area contributed by atoms with Gasteiger partial charge in [0.05, 0.1) is 0 Å². The Morgan fingerprint density at radius 3 is 1.08 bits per heavy atom. The van der Waals surface area contributed by atoms with Gasteiger partial charge in [-0.3, -0.25) is 0 Å². The van der Waals surface area contributed by atoms with E-state index < -0.39 is 26.5 Å². The molecule has 532 valence electrons. The molecule has 0 radical (unpaired) electrons. The average Bonchev–Trinajstić information content (AvgIpc) is 1.52. The van der Waals surface area contributed by atoms with Gasteiger partial charge in [-0.15, -0.1) is 0 Å². The van der Waals surface area contributed by atoms with Crippen molar-refractivity contribution in [3.05, 3.63) is 400 Å². The van der Waals surface area contributed by atoms with Crippen LogP contribution < -0.4 is 35.2 Å². The molecule has 22 aromatic rings. The minimum atomic E-state index is -3.68. The quantitative estimate of drug-likeness (QED) is 0.128. The summed E-state index contributed by atoms with van der Waals surface area (Å²) in [5.74, 6) is 1.43. The van der Waals surface area contributed by atoms with Crippen molar-refractivity contribution in [3.8, 4) is 79.2 Å². The van der Waals surface area contributed by atoms with Crippen LogP contribution in [-0.4, -0.2) is 55.6 Å². The number of aromatic nitrogens is 6. The first-order valence-electron chi connectivity index (χ1n) is 38.8. The molecule has 24 rings (SSSR count). The van der Waals surface area contributed by atoms with Crippen molar-refractivity contribution in [2.24, 2.45) is 0 Å². The Kier molecular flexibility index (Phi) is 15.4. The van der Waals surface area contributed by atoms with Crippen molar-refractivity contribution in [2.75, 3.05) is 0 Å². The van der Waals surface area contributed by atoms with Gasteiger partial charge in [-0.1, -0.05) is 36.4 Å². The molecule has 10 heteroatoms. The molecule has 0 atom stereocenters. The van der Waals surface area contributed by atoms with Crippen LogP contribution in [-0.2, 0) is 0 Å². The Labute approximate surface area is 666 Å². The van der Waals surface area contributed by atoms with E-state index in [0.29, 0.717) is 5.82 Å². The fourth-order valence-electron chi connectivity index (χ4n) is 19.1. The Balaban J connectivity index is 0.000000135. The second-order valence-electron chi connectivity index (χ2n) is 29.7. The third-order valence-electron chi connectivity index (χ3n) is 23.8. The summed E-state index contributed by atoms with van der Waals surface area (Å²) in [4.78, 5) is 22.9. The zero-order valence-electron chi connectivity index (χ0n) is 61.6. The number of fused-ring (bicyclic) bond motifs is 18. The second-order valence-corrected chi connectivity index (χ2v) is 46.3. The summed E-state index contributed by atoms with van der Waals surface area (Å²) in [6, 6.07) is 145. The molecule has 0 amide bonds. The number of furan rings is 1. The second kappa shape index (κ2) is 26.5. The summed E-state index contributed by atoms with van der Waals surface area (Å²) < 4.78 is 24.7. The molecule has 7 nitrogen and oxygen atoms in total. The number of thiophene rings is 1. The van der Waals surface area contributed by atoms with Crippen LogP contribution in [0.25, 0.3) is 165 Å². The normalized spacial score (nSPS) is 13.1. The molecule has 8 heterocycles. The van der Waals surface area contributed by atoms with Crippen LogP contribution in [0.4, 0.5) is 0 Å². The number of hydrogen-bond acceptors (Lipinski definition) is 6. The molecule has 0 saturated carbocycles. The SMILES string of the molecule is c1ccc(-c2nc(-c3ccccc3-n3c4ccccc4c4cc5c(cc43)oc3ccccc35)nc3[c]2[Ge]([c]2ccccc2)([c]2ccccc2)[c]2ccccc2-3)cc1.c1ccc(-c2nc(-c3ccccc3-n3c4ccccc4c4cc5c(cc43)sc3ccccc35)nc3[c]2[Ge]([c]2ccccc2)([c]2ccccc2)[c]2ccccc2-3)cc1. The van der Waals surface area contributed by atoms with Crippen LogP contribution in [0.5, 0.6) is 0 Å². The Bertz CT molecular complexity index is 7080. The third kappa shape index (κ3) is 9.94. The van der Waals surface area contributed by atoms with Gasteiger partial charge in [0.15, 0.2) is 0 Å². The molecular formula is C104H66Ge2N6OS. The zero-order valence-corrected chi connectivity index (χ0v) is 66.6. The van der Waals surface area contributed by atoms with Crippen LogP contribution in [0.1, 0.15) is 0 Å². The van der Waals surface area contributed by atoms with Gasteiger partial charge >= 0.3 is 623 Å². The van der Waals surface area contributed by atoms with Crippen LogP contribution in [0, 0.1) is 0 Å². The van der Waals surface area contributed by atoms with Crippen molar-refractivity contribution in [1.82, 2.24) is 29.1 Å². The fraction of sp³-hybridized carbons (Fsp3) is 0. The van der Waals surface area contributed by atoms with E-state index in [1.54, 1.807) is 0 Å². The van der Waals surface area contributed by atoms with E-state index in [9.17, 15) is 0 Å². The van der Waals surface area contributed by atoms with E-state index in [-0.39, 0.29) is 0 Å². The number of rotatable bonds is 10. The van der Waals surface area contributed by atoms with Crippen molar-refractivity contribution in [2.45, 2.75) is 0 Å². The summed E-state index contributed by atoms with van der Waals surface area (Å²) in [5.41, 5.74) is 19.0. The van der Waals surface area contributed by atoms with Gasteiger partial charge in [-0.25, -0.2) is 0 Å². The predicted octanol–water partition coefficient (Wildman–Crippen LogP) is 20.8. The summed E-state index contributed by atoms with van der Waals surface area (Å²) in [6.07, 6.45) is 0. The minimum absolute atomic E-state index is 0.702. The molecule has 0 fully saturated rings. The summed E-state index contributed by atoms with van der Waals surface area (Å²) in [5, 5.41) is 9.70. The number of nitrogens with zero attached hydrogens (tertiary/aromatic N) is 6. The third-order valence-corrected chi connectivity index (χ3v) is 45.3. The van der Waals surface area contributed by atoms with Crippen molar-refractivity contribution >= 4 is 159 Å². The molecule has 0 aliphatic carbocycles. The maximum absolute atomic E-state index is 6.47. The van der Waals surface area contributed by atoms with Crippen LogP contribution in [0.2, 0.25) is 0 Å². The van der Waals surface area contributed by atoms with Gasteiger partial charge in [-0.05, 0) is 12.1 Å². The van der Waals surface area contributed by atoms with E-state index in [2.05, 4.69) is 397 Å². The van der Waals surface area contributed by atoms with Gasteiger partial charge in [0.25, 0.3) is 0 Å². The predicted molar refractivity (Wildman–Crippen MR) is 480 cm³/mol. The Hall–Kier alpha value is -13.6. The van der Waals surface area contributed by atoms with E-state index in [4.69, 9.17) is 24.4 Å². The van der Waals surface area contributed by atoms with Crippen LogP contribution in [0.15, 0.2) is 405 Å². The van der Waals surface area contributed by atoms with Crippen LogP contribution >= 0.6 is 11.3 Å². The van der Waals surface area contributed by atoms with Crippen molar-refractivity contribution in [3.63, 3.8) is 0 Å². The molecule has 6 aromatic heterocycles. The first-order valence-corrected chi connectivity index (χ1v) is 48.0. The van der Waals surface area contributed by atoms with E-state index in [1.807, 2.05) is 23.5 Å². The van der Waals surface area contributed by atoms with Gasteiger partial charge in [0.1, 0.15) is 0 Å². The van der Waals surface area contributed by atoms with Gasteiger partial charge in [0.2, 0.25) is 0 Å². The average molecular weight is 1590 g/mol. The summed E-state index contributed by atoms with van der Waals surface area (Å²) in [6.45, 7) is 0. The molecule has 0 spiro atoms. The number of hydrogen-bond donors (Lipinski definition) is 0. The van der Waals surface area contributed by atoms with Crippen molar-refractivity contribution < 1.29 is 4.42 Å². The molecule has 16 aromatic carbocycles. The van der Waals surface area contributed by atoms with Crippen LogP contribution in [0.3, 0.4) is 0 Å². The molecule has 2 aliphatic heterocycles. The number of benzene rings is 16. The molecule has 2 aliphatic rings. The monoisotopic (exact) mass is 1590 g/mol. The van der Waals surface area contributed by atoms with E-state index >= 15 is 0 Å². The first kappa shape index (κ1) is 66.2. The first-order chi connectivity index (χ1) is 56.6. The molecule has 114 heavy (non-hydrogen) atoms. The fourth-order valence-corrected chi connectivity index (χ4v) is 42.2. The Morgan fingerprint density at radius 2 is 0.596 bits per heavy atom. The summed E-state index contributed by atoms with van der Waals surface area (Å²) >= 11 is -5.50. The zero-order chi connectivity index (χ0) is 75.0. The topological polar surface area (TPSA) is 74.6 Å². The van der Waals surface area contributed by atoms with Crippen molar-refractivity contribution in [1.29, 1.82) is 0 Å². The number of para-hydroxylation sites is 5. The Morgan fingerprint density at radius 1 is 0.237 bits per heavy atom. The maximum atomic E-state index is 6.47. The summed E-state index contributed by atoms with van der Waals surface area (Å²) in [7, 11) is 0. The molecule has 0 bridgehead atoms. The van der Waals surface area contributed by atoms with E-state index in [0.717, 1.165) is 95.2 Å². The molecule has 0 N–H and O–H groups in total. The van der Waals surface area contributed by atoms with E-state index in [1.165, 1.54) is 99.0 Å². The molecule has 0 saturated heterocycles. The van der Waals surface area contributed by atoms with Gasteiger partial charge < -0.3 is 0 Å². The van der Waals surface area contributed by atoms with Gasteiger partial charge in [-0.2, -0.15) is 0 Å². The van der Waals surface area contributed by atoms with Gasteiger partial charge in [0, 0.05) is 0 Å². The molecular weight excluding hydrogens is 1530 g/mol. The standard InChI is InChI=1S/C52H33GeN3O.C52H33GeN3S/c2*1-4-18-34(19-5-1)50-49-51(39-26-10-14-28-43(39)53(49,35-20-6-2-7-21-35)36-22-8-3-9-23-36)55-52(54-50)40-27-12-16-30-45(40)56-44-29-15-11-24-37(44)41-32-42-38-25-13-17-31-47(38)57-48(42)33-46(41)56/h2*1-33H. The molecule has 0 unspecified atom stereocenters.